The standard InChI is InChI=1S/C13H29NO4/c1-12(10-17-3)18-11-13(15)9-14-7-5-4-6-8-16-2/h12-15H,4-11H2,1-3H3. The molecule has 0 heterocycles. The second-order valence-electron chi connectivity index (χ2n) is 4.51. The lowest BCUT2D eigenvalue weighted by Crippen LogP contribution is -2.32. The fourth-order valence-electron chi connectivity index (χ4n) is 1.56. The third kappa shape index (κ3) is 12.3. The van der Waals surface area contributed by atoms with E-state index in [-0.39, 0.29) is 6.10 Å². The van der Waals surface area contributed by atoms with Gasteiger partial charge in [-0.2, -0.15) is 0 Å². The van der Waals surface area contributed by atoms with Crippen LogP contribution in [0.5, 0.6) is 0 Å². The zero-order chi connectivity index (χ0) is 13.6. The van der Waals surface area contributed by atoms with Crippen LogP contribution in [0, 0.1) is 0 Å². The first kappa shape index (κ1) is 17.8. The van der Waals surface area contributed by atoms with Gasteiger partial charge in [0.1, 0.15) is 0 Å². The molecule has 0 aliphatic rings. The Bertz CT molecular complexity index is 169. The highest BCUT2D eigenvalue weighted by Crippen LogP contribution is 1.95. The highest BCUT2D eigenvalue weighted by atomic mass is 16.5. The van der Waals surface area contributed by atoms with Crippen LogP contribution in [0.1, 0.15) is 26.2 Å². The Labute approximate surface area is 111 Å². The Hall–Kier alpha value is -0.200. The van der Waals surface area contributed by atoms with E-state index < -0.39 is 6.10 Å². The first-order valence-corrected chi connectivity index (χ1v) is 6.69. The molecule has 0 aliphatic heterocycles. The lowest BCUT2D eigenvalue weighted by molar-refractivity contribution is -0.0310. The summed E-state index contributed by atoms with van der Waals surface area (Å²) < 4.78 is 15.3. The van der Waals surface area contributed by atoms with E-state index in [1.54, 1.807) is 14.2 Å². The molecule has 0 aromatic rings. The summed E-state index contributed by atoms with van der Waals surface area (Å²) in [5.41, 5.74) is 0. The normalized spacial score (nSPS) is 14.7. The molecule has 0 fully saturated rings. The minimum atomic E-state index is -0.455. The summed E-state index contributed by atoms with van der Waals surface area (Å²) in [5.74, 6) is 0. The minimum absolute atomic E-state index is 0.0266. The predicted molar refractivity (Wildman–Crippen MR) is 71.9 cm³/mol. The van der Waals surface area contributed by atoms with Crippen LogP contribution in [0.25, 0.3) is 0 Å². The topological polar surface area (TPSA) is 60.0 Å². The third-order valence-corrected chi connectivity index (χ3v) is 2.56. The van der Waals surface area contributed by atoms with Gasteiger partial charge in [-0.15, -0.1) is 0 Å². The molecule has 18 heavy (non-hydrogen) atoms. The molecule has 0 amide bonds. The van der Waals surface area contributed by atoms with E-state index in [0.717, 1.165) is 32.4 Å². The van der Waals surface area contributed by atoms with Crippen molar-refractivity contribution < 1.29 is 19.3 Å². The van der Waals surface area contributed by atoms with E-state index in [1.165, 1.54) is 0 Å². The molecule has 2 N–H and O–H groups in total. The first-order chi connectivity index (χ1) is 8.70. The van der Waals surface area contributed by atoms with E-state index in [9.17, 15) is 5.11 Å². The lowest BCUT2D eigenvalue weighted by Gasteiger charge is -2.16. The molecule has 0 saturated carbocycles. The highest BCUT2D eigenvalue weighted by Gasteiger charge is 2.07. The maximum absolute atomic E-state index is 9.66. The van der Waals surface area contributed by atoms with Crippen molar-refractivity contribution in [2.24, 2.45) is 0 Å². The van der Waals surface area contributed by atoms with Crippen LogP contribution in [0.3, 0.4) is 0 Å². The number of aliphatic hydroxyl groups is 1. The highest BCUT2D eigenvalue weighted by molar-refractivity contribution is 4.60. The predicted octanol–water partition coefficient (Wildman–Crippen LogP) is 0.805. The Kier molecular flexibility index (Phi) is 13.1. The van der Waals surface area contributed by atoms with Crippen LogP contribution >= 0.6 is 0 Å². The monoisotopic (exact) mass is 263 g/mol. The Balaban J connectivity index is 3.23. The van der Waals surface area contributed by atoms with Crippen molar-refractivity contribution in [3.8, 4) is 0 Å². The number of methoxy groups -OCH3 is 2. The molecule has 0 aromatic heterocycles. The molecule has 5 heteroatoms. The molecule has 0 saturated heterocycles. The quantitative estimate of drug-likeness (QED) is 0.481. The maximum Gasteiger partial charge on any atom is 0.0897 e. The van der Waals surface area contributed by atoms with Crippen molar-refractivity contribution in [1.82, 2.24) is 5.32 Å². The Morgan fingerprint density at radius 2 is 1.83 bits per heavy atom. The van der Waals surface area contributed by atoms with Crippen molar-refractivity contribution in [3.05, 3.63) is 0 Å². The van der Waals surface area contributed by atoms with Gasteiger partial charge in [0.15, 0.2) is 0 Å². The van der Waals surface area contributed by atoms with Crippen LogP contribution in [0.4, 0.5) is 0 Å². The van der Waals surface area contributed by atoms with E-state index >= 15 is 0 Å². The van der Waals surface area contributed by atoms with Crippen LogP contribution < -0.4 is 5.32 Å². The van der Waals surface area contributed by atoms with Crippen LogP contribution in [-0.2, 0) is 14.2 Å². The van der Waals surface area contributed by atoms with Gasteiger partial charge < -0.3 is 24.6 Å². The van der Waals surface area contributed by atoms with Gasteiger partial charge in [0.2, 0.25) is 0 Å². The van der Waals surface area contributed by atoms with Gasteiger partial charge in [-0.1, -0.05) is 0 Å². The fraction of sp³-hybridized carbons (Fsp3) is 1.00. The Morgan fingerprint density at radius 1 is 1.06 bits per heavy atom. The summed E-state index contributed by atoms with van der Waals surface area (Å²) in [6.07, 6.45) is 2.93. The summed E-state index contributed by atoms with van der Waals surface area (Å²) in [5, 5.41) is 12.9. The van der Waals surface area contributed by atoms with Crippen molar-refractivity contribution in [3.63, 3.8) is 0 Å². The zero-order valence-corrected chi connectivity index (χ0v) is 12.0. The van der Waals surface area contributed by atoms with E-state index in [2.05, 4.69) is 5.32 Å². The summed E-state index contributed by atoms with van der Waals surface area (Å²) in [6.45, 7) is 5.16. The SMILES string of the molecule is COCCCCCNCC(O)COC(C)COC. The van der Waals surface area contributed by atoms with Crippen molar-refractivity contribution >= 4 is 0 Å². The molecular formula is C13H29NO4. The smallest absolute Gasteiger partial charge is 0.0897 e. The van der Waals surface area contributed by atoms with Gasteiger partial charge in [-0.3, -0.25) is 0 Å². The number of hydrogen-bond donors (Lipinski definition) is 2. The number of aliphatic hydroxyl groups excluding tert-OH is 1. The fourth-order valence-corrected chi connectivity index (χ4v) is 1.56. The molecular weight excluding hydrogens is 234 g/mol. The minimum Gasteiger partial charge on any atom is -0.389 e. The van der Waals surface area contributed by atoms with Crippen LogP contribution in [-0.4, -0.2) is 64.4 Å². The summed E-state index contributed by atoms with van der Waals surface area (Å²) in [7, 11) is 3.36. The number of ether oxygens (including phenoxy) is 3. The molecule has 0 aromatic carbocycles. The average molecular weight is 263 g/mol. The first-order valence-electron chi connectivity index (χ1n) is 6.69. The maximum atomic E-state index is 9.66. The van der Waals surface area contributed by atoms with E-state index in [4.69, 9.17) is 14.2 Å². The molecule has 2 unspecified atom stereocenters. The molecule has 0 bridgehead atoms. The largest absolute Gasteiger partial charge is 0.389 e. The van der Waals surface area contributed by atoms with Crippen LogP contribution in [0.2, 0.25) is 0 Å². The van der Waals surface area contributed by atoms with Gasteiger partial charge in [-0.25, -0.2) is 0 Å². The van der Waals surface area contributed by atoms with Gasteiger partial charge >= 0.3 is 0 Å². The van der Waals surface area contributed by atoms with Gasteiger partial charge in [-0.05, 0) is 32.7 Å². The summed E-state index contributed by atoms with van der Waals surface area (Å²) >= 11 is 0. The molecule has 110 valence electrons. The molecule has 0 spiro atoms. The Morgan fingerprint density at radius 3 is 2.50 bits per heavy atom. The van der Waals surface area contributed by atoms with Crippen molar-refractivity contribution in [2.45, 2.75) is 38.4 Å². The molecule has 0 rings (SSSR count). The average Bonchev–Trinajstić information content (AvgIpc) is 2.35. The van der Waals surface area contributed by atoms with Gasteiger partial charge in [0, 0.05) is 27.4 Å². The molecule has 2 atom stereocenters. The van der Waals surface area contributed by atoms with Crippen molar-refractivity contribution in [1.29, 1.82) is 0 Å². The molecule has 0 radical (unpaired) electrons. The summed E-state index contributed by atoms with van der Waals surface area (Å²) in [4.78, 5) is 0. The second-order valence-corrected chi connectivity index (χ2v) is 4.51. The molecule has 5 nitrogen and oxygen atoms in total. The number of unbranched alkanes of at least 4 members (excludes halogenated alkanes) is 2. The molecule has 0 aliphatic carbocycles. The van der Waals surface area contributed by atoms with Gasteiger partial charge in [0.05, 0.1) is 25.4 Å². The zero-order valence-electron chi connectivity index (χ0n) is 12.0. The van der Waals surface area contributed by atoms with Gasteiger partial charge in [0.25, 0.3) is 0 Å². The van der Waals surface area contributed by atoms with Crippen LogP contribution in [0.15, 0.2) is 0 Å². The lowest BCUT2D eigenvalue weighted by atomic mass is 10.2. The third-order valence-electron chi connectivity index (χ3n) is 2.56. The number of hydrogen-bond acceptors (Lipinski definition) is 5. The number of rotatable bonds is 13. The van der Waals surface area contributed by atoms with Crippen molar-refractivity contribution in [2.75, 3.05) is 47.1 Å². The number of nitrogens with one attached hydrogen (secondary N) is 1. The van der Waals surface area contributed by atoms with E-state index in [1.807, 2.05) is 6.92 Å². The summed E-state index contributed by atoms with van der Waals surface area (Å²) in [6, 6.07) is 0. The van der Waals surface area contributed by atoms with E-state index in [0.29, 0.717) is 19.8 Å². The second kappa shape index (κ2) is 13.2.